The van der Waals surface area contributed by atoms with Crippen LogP contribution in [0.5, 0.6) is 0 Å². The van der Waals surface area contributed by atoms with Gasteiger partial charge in [0.15, 0.2) is 5.82 Å². The van der Waals surface area contributed by atoms with E-state index in [1.165, 1.54) is 4.88 Å². The minimum atomic E-state index is 0.561. The summed E-state index contributed by atoms with van der Waals surface area (Å²) in [6.07, 6.45) is 5.47. The van der Waals surface area contributed by atoms with Crippen molar-refractivity contribution in [2.75, 3.05) is 11.9 Å². The number of aryl methyl sites for hydroxylation is 1. The number of nitrogens with one attached hydrogen (secondary N) is 1. The average molecular weight is 299 g/mol. The first kappa shape index (κ1) is 13.9. The van der Waals surface area contributed by atoms with Crippen LogP contribution in [0.3, 0.4) is 0 Å². The Bertz CT molecular complexity index is 738. The van der Waals surface area contributed by atoms with Crippen molar-refractivity contribution in [3.8, 4) is 11.6 Å². The Morgan fingerprint density at radius 2 is 1.90 bits per heavy atom. The second-order valence-electron chi connectivity index (χ2n) is 4.68. The highest BCUT2D eigenvalue weighted by molar-refractivity contribution is 7.18. The topological polar surface area (TPSA) is 63.6 Å². The summed E-state index contributed by atoms with van der Waals surface area (Å²) in [7, 11) is 0. The average Bonchev–Trinajstić information content (AvgIpc) is 2.96. The van der Waals surface area contributed by atoms with Crippen molar-refractivity contribution in [3.05, 3.63) is 29.4 Å². The van der Waals surface area contributed by atoms with Crippen LogP contribution in [0.2, 0.25) is 0 Å². The third-order valence-corrected chi connectivity index (χ3v) is 4.27. The highest BCUT2D eigenvalue weighted by atomic mass is 32.1. The molecule has 0 aliphatic carbocycles. The second kappa shape index (κ2) is 6.13. The molecule has 3 aromatic rings. The molecule has 0 saturated heterocycles. The predicted molar refractivity (Wildman–Crippen MR) is 86.6 cm³/mol. The molecule has 0 aliphatic heterocycles. The number of fused-ring (bicyclic) bond motifs is 1. The van der Waals surface area contributed by atoms with E-state index in [2.05, 4.69) is 45.2 Å². The van der Waals surface area contributed by atoms with Crippen LogP contribution in [0, 0.1) is 0 Å². The van der Waals surface area contributed by atoms with Crippen LogP contribution < -0.4 is 5.32 Å². The number of rotatable bonds is 5. The fraction of sp³-hybridized carbons (Fsp3) is 0.333. The number of hydrogen-bond donors (Lipinski definition) is 1. The summed E-state index contributed by atoms with van der Waals surface area (Å²) in [5.41, 5.74) is 0. The Morgan fingerprint density at radius 3 is 2.62 bits per heavy atom. The van der Waals surface area contributed by atoms with Crippen LogP contribution in [0.15, 0.2) is 24.5 Å². The fourth-order valence-electron chi connectivity index (χ4n) is 2.04. The summed E-state index contributed by atoms with van der Waals surface area (Å²) >= 11 is 1.71. The van der Waals surface area contributed by atoms with E-state index in [4.69, 9.17) is 0 Å². The second-order valence-corrected chi connectivity index (χ2v) is 5.80. The molecule has 21 heavy (non-hydrogen) atoms. The van der Waals surface area contributed by atoms with Gasteiger partial charge in [-0.05, 0) is 25.0 Å². The fourth-order valence-corrected chi connectivity index (χ4v) is 3.01. The minimum absolute atomic E-state index is 0.561. The third-order valence-electron chi connectivity index (χ3n) is 3.10. The monoisotopic (exact) mass is 299 g/mol. The zero-order chi connectivity index (χ0) is 14.7. The SMILES string of the molecule is CCCNc1nc(-c2ncccn2)nc2sc(CC)cc12. The summed E-state index contributed by atoms with van der Waals surface area (Å²) < 4.78 is 0. The zero-order valence-corrected chi connectivity index (χ0v) is 12.9. The van der Waals surface area contributed by atoms with E-state index in [1.54, 1.807) is 29.8 Å². The predicted octanol–water partition coefficient (Wildman–Crippen LogP) is 3.53. The van der Waals surface area contributed by atoms with Crippen LogP contribution in [0.25, 0.3) is 21.9 Å². The Balaban J connectivity index is 2.13. The van der Waals surface area contributed by atoms with Gasteiger partial charge in [-0.1, -0.05) is 13.8 Å². The van der Waals surface area contributed by atoms with Crippen LogP contribution >= 0.6 is 11.3 Å². The maximum absolute atomic E-state index is 4.63. The summed E-state index contributed by atoms with van der Waals surface area (Å²) in [6.45, 7) is 5.18. The molecule has 5 nitrogen and oxygen atoms in total. The van der Waals surface area contributed by atoms with Gasteiger partial charge in [0.05, 0.1) is 5.39 Å². The number of thiophene rings is 1. The van der Waals surface area contributed by atoms with E-state index in [0.717, 1.165) is 35.4 Å². The summed E-state index contributed by atoms with van der Waals surface area (Å²) in [6, 6.07) is 3.96. The number of anilines is 1. The lowest BCUT2D eigenvalue weighted by Crippen LogP contribution is -2.04. The highest BCUT2D eigenvalue weighted by Crippen LogP contribution is 2.30. The summed E-state index contributed by atoms with van der Waals surface area (Å²) in [5, 5.41) is 4.47. The van der Waals surface area contributed by atoms with Gasteiger partial charge in [-0.2, -0.15) is 0 Å². The molecule has 0 atom stereocenters. The lowest BCUT2D eigenvalue weighted by Gasteiger charge is -2.07. The van der Waals surface area contributed by atoms with Gasteiger partial charge in [0.1, 0.15) is 10.6 Å². The number of nitrogens with zero attached hydrogens (tertiary/aromatic N) is 4. The molecular weight excluding hydrogens is 282 g/mol. The largest absolute Gasteiger partial charge is 0.369 e. The van der Waals surface area contributed by atoms with Crippen molar-refractivity contribution in [1.29, 1.82) is 0 Å². The lowest BCUT2D eigenvalue weighted by molar-refractivity contribution is 0.968. The van der Waals surface area contributed by atoms with Gasteiger partial charge in [-0.25, -0.2) is 19.9 Å². The van der Waals surface area contributed by atoms with Crippen LogP contribution in [0.1, 0.15) is 25.1 Å². The quantitative estimate of drug-likeness (QED) is 0.780. The molecule has 3 aromatic heterocycles. The van der Waals surface area contributed by atoms with E-state index >= 15 is 0 Å². The normalized spacial score (nSPS) is 11.0. The van der Waals surface area contributed by atoms with Gasteiger partial charge >= 0.3 is 0 Å². The van der Waals surface area contributed by atoms with E-state index in [9.17, 15) is 0 Å². The molecule has 0 radical (unpaired) electrons. The van der Waals surface area contributed by atoms with Gasteiger partial charge in [0, 0.05) is 23.8 Å². The Labute approximate surface area is 127 Å². The van der Waals surface area contributed by atoms with Gasteiger partial charge < -0.3 is 5.32 Å². The van der Waals surface area contributed by atoms with Crippen LogP contribution in [0.4, 0.5) is 5.82 Å². The van der Waals surface area contributed by atoms with Crippen molar-refractivity contribution in [1.82, 2.24) is 19.9 Å². The first-order valence-corrected chi connectivity index (χ1v) is 7.95. The summed E-state index contributed by atoms with van der Waals surface area (Å²) in [5.74, 6) is 2.01. The molecular formula is C15H17N5S. The van der Waals surface area contributed by atoms with Crippen molar-refractivity contribution in [2.45, 2.75) is 26.7 Å². The van der Waals surface area contributed by atoms with E-state index in [-0.39, 0.29) is 0 Å². The molecule has 0 saturated carbocycles. The highest BCUT2D eigenvalue weighted by Gasteiger charge is 2.13. The van der Waals surface area contributed by atoms with Crippen LogP contribution in [-0.4, -0.2) is 26.5 Å². The molecule has 0 bridgehead atoms. The molecule has 6 heteroatoms. The Hall–Kier alpha value is -2.08. The van der Waals surface area contributed by atoms with Gasteiger partial charge in [-0.3, -0.25) is 0 Å². The summed E-state index contributed by atoms with van der Waals surface area (Å²) in [4.78, 5) is 20.0. The van der Waals surface area contributed by atoms with Crippen molar-refractivity contribution < 1.29 is 0 Å². The maximum Gasteiger partial charge on any atom is 0.201 e. The third kappa shape index (κ3) is 2.85. The van der Waals surface area contributed by atoms with Gasteiger partial charge in [-0.15, -0.1) is 11.3 Å². The number of hydrogen-bond acceptors (Lipinski definition) is 6. The molecule has 108 valence electrons. The van der Waals surface area contributed by atoms with Gasteiger partial charge in [0.2, 0.25) is 5.82 Å². The zero-order valence-electron chi connectivity index (χ0n) is 12.1. The molecule has 1 N–H and O–H groups in total. The Kier molecular flexibility index (Phi) is 4.06. The Morgan fingerprint density at radius 1 is 1.10 bits per heavy atom. The minimum Gasteiger partial charge on any atom is -0.369 e. The first-order valence-electron chi connectivity index (χ1n) is 7.13. The molecule has 0 aliphatic rings. The van der Waals surface area contributed by atoms with E-state index in [0.29, 0.717) is 11.6 Å². The molecule has 0 spiro atoms. The van der Waals surface area contributed by atoms with E-state index in [1.807, 2.05) is 0 Å². The smallest absolute Gasteiger partial charge is 0.201 e. The molecule has 3 rings (SSSR count). The van der Waals surface area contributed by atoms with Crippen molar-refractivity contribution >= 4 is 27.4 Å². The molecule has 0 aromatic carbocycles. The molecule has 3 heterocycles. The van der Waals surface area contributed by atoms with Crippen LogP contribution in [-0.2, 0) is 6.42 Å². The first-order chi connectivity index (χ1) is 10.3. The van der Waals surface area contributed by atoms with Gasteiger partial charge in [0.25, 0.3) is 0 Å². The maximum atomic E-state index is 4.63. The lowest BCUT2D eigenvalue weighted by atomic mass is 10.3. The standard InChI is InChI=1S/C15H17N5S/c1-3-6-16-12-11-9-10(4-2)21-15(11)20-14(19-12)13-17-7-5-8-18-13/h5,7-9H,3-4,6H2,1-2H3,(H,16,19,20). The molecule has 0 unspecified atom stereocenters. The molecule has 0 amide bonds. The van der Waals surface area contributed by atoms with E-state index < -0.39 is 0 Å². The number of aromatic nitrogens is 4. The van der Waals surface area contributed by atoms with Crippen molar-refractivity contribution in [3.63, 3.8) is 0 Å². The molecule has 0 fully saturated rings. The van der Waals surface area contributed by atoms with Crippen molar-refractivity contribution in [2.24, 2.45) is 0 Å².